The Labute approximate surface area is 172 Å². The van der Waals surface area contributed by atoms with Crippen molar-refractivity contribution in [1.29, 1.82) is 0 Å². The van der Waals surface area contributed by atoms with Crippen LogP contribution >= 0.6 is 0 Å². The van der Waals surface area contributed by atoms with Gasteiger partial charge in [0.15, 0.2) is 0 Å². The highest BCUT2D eigenvalue weighted by Crippen LogP contribution is 2.16. The second kappa shape index (κ2) is 10.9. The molecule has 2 nitrogen and oxygen atoms in total. The molecule has 1 rings (SSSR count). The third-order valence-corrected chi connectivity index (χ3v) is 6.10. The fourth-order valence-corrected chi connectivity index (χ4v) is 2.61. The SMILES string of the molecule is CC[N+](C)(C)C(C)Cc1ccc(CC(C)[N+](C)(C)CC)cc1.[Br-].[Br-]. The second-order valence-corrected chi connectivity index (χ2v) is 8.11. The van der Waals surface area contributed by atoms with Crippen LogP contribution in [0.1, 0.15) is 38.8 Å². The molecule has 0 spiro atoms. The van der Waals surface area contributed by atoms with Crippen molar-refractivity contribution in [1.82, 2.24) is 0 Å². The Bertz CT molecular complexity index is 412. The van der Waals surface area contributed by atoms with E-state index in [1.807, 2.05) is 0 Å². The molecule has 0 aliphatic carbocycles. The molecule has 1 aromatic carbocycles. The first-order valence-corrected chi connectivity index (χ1v) is 8.85. The molecular weight excluding hydrogens is 428 g/mol. The van der Waals surface area contributed by atoms with Crippen LogP contribution in [0.15, 0.2) is 24.3 Å². The molecule has 24 heavy (non-hydrogen) atoms. The number of hydrogen-bond acceptors (Lipinski definition) is 0. The molecule has 0 aliphatic rings. The second-order valence-electron chi connectivity index (χ2n) is 8.11. The summed E-state index contributed by atoms with van der Waals surface area (Å²) in [7, 11) is 9.30. The summed E-state index contributed by atoms with van der Waals surface area (Å²) in [5.74, 6) is 0. The lowest BCUT2D eigenvalue weighted by atomic mass is 10.00. The maximum atomic E-state index is 2.36. The van der Waals surface area contributed by atoms with Crippen LogP contribution in [-0.2, 0) is 12.8 Å². The van der Waals surface area contributed by atoms with Gasteiger partial charge in [0.05, 0.1) is 53.4 Å². The van der Waals surface area contributed by atoms with E-state index in [0.29, 0.717) is 12.1 Å². The molecule has 0 saturated carbocycles. The monoisotopic (exact) mass is 464 g/mol. The average molecular weight is 466 g/mol. The van der Waals surface area contributed by atoms with Crippen molar-refractivity contribution in [3.05, 3.63) is 35.4 Å². The van der Waals surface area contributed by atoms with E-state index in [0.717, 1.165) is 21.8 Å². The molecule has 0 fully saturated rings. The van der Waals surface area contributed by atoms with E-state index in [4.69, 9.17) is 0 Å². The summed E-state index contributed by atoms with van der Waals surface area (Å²) in [6.07, 6.45) is 2.32. The molecule has 0 N–H and O–H groups in total. The normalized spacial score (nSPS) is 14.3. The topological polar surface area (TPSA) is 0 Å². The highest BCUT2D eigenvalue weighted by Gasteiger charge is 2.23. The molecule has 0 radical (unpaired) electrons. The van der Waals surface area contributed by atoms with Gasteiger partial charge in [0.1, 0.15) is 0 Å². The van der Waals surface area contributed by atoms with Crippen LogP contribution in [0.3, 0.4) is 0 Å². The van der Waals surface area contributed by atoms with Gasteiger partial charge in [-0.2, -0.15) is 0 Å². The Morgan fingerprint density at radius 3 is 1.12 bits per heavy atom. The Hall–Kier alpha value is 0.1000. The Kier molecular flexibility index (Phi) is 12.0. The van der Waals surface area contributed by atoms with Crippen molar-refractivity contribution in [2.24, 2.45) is 0 Å². The summed E-state index contributed by atoms with van der Waals surface area (Å²) >= 11 is 0. The molecule has 0 aromatic heterocycles. The number of likely N-dealkylation sites (N-methyl/N-ethyl adjacent to an activating group) is 2. The third-order valence-electron chi connectivity index (χ3n) is 6.10. The van der Waals surface area contributed by atoms with Crippen LogP contribution in [0.5, 0.6) is 0 Å². The van der Waals surface area contributed by atoms with E-state index in [-0.39, 0.29) is 34.0 Å². The summed E-state index contributed by atoms with van der Waals surface area (Å²) in [6.45, 7) is 11.6. The first-order chi connectivity index (χ1) is 10.1. The zero-order valence-corrected chi connectivity index (χ0v) is 20.1. The summed E-state index contributed by atoms with van der Waals surface area (Å²) in [5, 5.41) is 0. The van der Waals surface area contributed by atoms with Gasteiger partial charge in [-0.1, -0.05) is 24.3 Å². The maximum absolute atomic E-state index is 2.36. The lowest BCUT2D eigenvalue weighted by Crippen LogP contribution is -3.00. The summed E-state index contributed by atoms with van der Waals surface area (Å²) in [5.41, 5.74) is 2.93. The maximum Gasteiger partial charge on any atom is 0.0898 e. The zero-order chi connectivity index (χ0) is 17.0. The number of quaternary nitrogens is 2. The largest absolute Gasteiger partial charge is 1.00 e. The molecule has 0 heterocycles. The Balaban J connectivity index is 0. The molecule has 0 aliphatic heterocycles. The number of rotatable bonds is 8. The minimum absolute atomic E-state index is 0. The molecule has 0 amide bonds. The van der Waals surface area contributed by atoms with Crippen LogP contribution in [0.25, 0.3) is 0 Å². The summed E-state index contributed by atoms with van der Waals surface area (Å²) in [6, 6.07) is 10.6. The molecule has 2 unspecified atom stereocenters. The van der Waals surface area contributed by atoms with Crippen molar-refractivity contribution < 1.29 is 42.9 Å². The lowest BCUT2D eigenvalue weighted by molar-refractivity contribution is -0.911. The van der Waals surface area contributed by atoms with Crippen LogP contribution < -0.4 is 34.0 Å². The molecule has 0 saturated heterocycles. The van der Waals surface area contributed by atoms with Crippen LogP contribution in [0.2, 0.25) is 0 Å². The van der Waals surface area contributed by atoms with Gasteiger partial charge in [-0.05, 0) is 38.8 Å². The van der Waals surface area contributed by atoms with Gasteiger partial charge in [-0.3, -0.25) is 0 Å². The molecule has 1 aromatic rings. The minimum Gasteiger partial charge on any atom is -1.00 e. The molecular formula is C20H38Br2N2. The number of hydrogen-bond donors (Lipinski definition) is 0. The van der Waals surface area contributed by atoms with E-state index in [1.165, 1.54) is 24.2 Å². The van der Waals surface area contributed by atoms with Gasteiger partial charge in [-0.25, -0.2) is 0 Å². The van der Waals surface area contributed by atoms with Crippen molar-refractivity contribution >= 4 is 0 Å². The smallest absolute Gasteiger partial charge is 0.0898 e. The van der Waals surface area contributed by atoms with Crippen molar-refractivity contribution in [3.8, 4) is 0 Å². The van der Waals surface area contributed by atoms with Crippen molar-refractivity contribution in [3.63, 3.8) is 0 Å². The average Bonchev–Trinajstić information content (AvgIpc) is 2.48. The summed E-state index contributed by atoms with van der Waals surface area (Å²) in [4.78, 5) is 0. The quantitative estimate of drug-likeness (QED) is 0.380. The van der Waals surface area contributed by atoms with E-state index in [2.05, 4.69) is 80.2 Å². The Morgan fingerprint density at radius 1 is 0.667 bits per heavy atom. The zero-order valence-electron chi connectivity index (χ0n) is 16.9. The molecule has 0 bridgehead atoms. The first-order valence-electron chi connectivity index (χ1n) is 8.85. The highest BCUT2D eigenvalue weighted by atomic mass is 79.9. The lowest BCUT2D eigenvalue weighted by Gasteiger charge is -2.35. The Morgan fingerprint density at radius 2 is 0.917 bits per heavy atom. The highest BCUT2D eigenvalue weighted by molar-refractivity contribution is 5.23. The van der Waals surface area contributed by atoms with Gasteiger partial charge < -0.3 is 42.9 Å². The first kappa shape index (κ1) is 26.3. The van der Waals surface area contributed by atoms with Crippen LogP contribution in [-0.4, -0.2) is 62.3 Å². The van der Waals surface area contributed by atoms with Crippen molar-refractivity contribution in [2.45, 2.75) is 52.6 Å². The minimum atomic E-state index is 0. The van der Waals surface area contributed by atoms with E-state index < -0.39 is 0 Å². The van der Waals surface area contributed by atoms with Crippen molar-refractivity contribution in [2.75, 3.05) is 41.3 Å². The van der Waals surface area contributed by atoms with Gasteiger partial charge in [-0.15, -0.1) is 0 Å². The van der Waals surface area contributed by atoms with Gasteiger partial charge in [0.25, 0.3) is 0 Å². The van der Waals surface area contributed by atoms with Gasteiger partial charge in [0, 0.05) is 12.8 Å². The fraction of sp³-hybridized carbons (Fsp3) is 0.700. The van der Waals surface area contributed by atoms with Crippen LogP contribution in [0, 0.1) is 0 Å². The van der Waals surface area contributed by atoms with E-state index >= 15 is 0 Å². The fourth-order valence-electron chi connectivity index (χ4n) is 2.61. The molecule has 2 atom stereocenters. The predicted octanol–water partition coefficient (Wildman–Crippen LogP) is -2.25. The summed E-state index contributed by atoms with van der Waals surface area (Å²) < 4.78 is 2.17. The number of benzene rings is 1. The number of nitrogens with zero attached hydrogens (tertiary/aromatic N) is 2. The number of halogens is 2. The van der Waals surface area contributed by atoms with Gasteiger partial charge >= 0.3 is 0 Å². The molecule has 4 heteroatoms. The van der Waals surface area contributed by atoms with E-state index in [1.54, 1.807) is 0 Å². The predicted molar refractivity (Wildman–Crippen MR) is 98.1 cm³/mol. The molecule has 142 valence electrons. The van der Waals surface area contributed by atoms with Crippen LogP contribution in [0.4, 0.5) is 0 Å². The van der Waals surface area contributed by atoms with Gasteiger partial charge in [0.2, 0.25) is 0 Å². The third kappa shape index (κ3) is 7.55. The standard InChI is InChI=1S/C20H38N2.2BrH/c1-9-21(5,6)17(3)15-19-11-13-20(14-12-19)16-18(4)22(7,8)10-2;;/h11-14,17-18H,9-10,15-16H2,1-8H3;2*1H/q+2;;/p-2. The van der Waals surface area contributed by atoms with E-state index in [9.17, 15) is 0 Å².